The second kappa shape index (κ2) is 8.43. The van der Waals surface area contributed by atoms with Crippen LogP contribution in [-0.2, 0) is 11.3 Å². The molecule has 0 bridgehead atoms. The lowest BCUT2D eigenvalue weighted by Gasteiger charge is -2.19. The lowest BCUT2D eigenvalue weighted by atomic mass is 10.1. The Labute approximate surface area is 162 Å². The molecule has 3 amide bonds. The number of urea groups is 1. The van der Waals surface area contributed by atoms with Gasteiger partial charge in [0.15, 0.2) is 0 Å². The molecule has 8 nitrogen and oxygen atoms in total. The van der Waals surface area contributed by atoms with Crippen molar-refractivity contribution in [1.82, 2.24) is 5.32 Å². The number of hydrogen-bond acceptors (Lipinski definition) is 4. The first-order valence-corrected chi connectivity index (χ1v) is 8.83. The number of methoxy groups -OCH3 is 1. The van der Waals surface area contributed by atoms with Crippen LogP contribution in [0.4, 0.5) is 16.2 Å². The van der Waals surface area contributed by atoms with Crippen LogP contribution in [0.3, 0.4) is 0 Å². The van der Waals surface area contributed by atoms with Gasteiger partial charge in [0.1, 0.15) is 5.75 Å². The second-order valence-electron chi connectivity index (χ2n) is 6.35. The minimum atomic E-state index is -0.995. The number of nitrogens with zero attached hydrogens (tertiary/aromatic N) is 1. The van der Waals surface area contributed by atoms with Gasteiger partial charge >= 0.3 is 12.0 Å². The molecule has 0 radical (unpaired) electrons. The van der Waals surface area contributed by atoms with Crippen molar-refractivity contribution in [2.75, 3.05) is 23.9 Å². The van der Waals surface area contributed by atoms with Crippen LogP contribution >= 0.6 is 0 Å². The summed E-state index contributed by atoms with van der Waals surface area (Å²) >= 11 is 0. The minimum absolute atomic E-state index is 0.0608. The Bertz CT molecular complexity index is 895. The van der Waals surface area contributed by atoms with Gasteiger partial charge in [0.2, 0.25) is 5.91 Å². The first-order valence-electron chi connectivity index (χ1n) is 8.83. The zero-order valence-corrected chi connectivity index (χ0v) is 15.4. The van der Waals surface area contributed by atoms with Gasteiger partial charge < -0.3 is 25.4 Å². The third kappa shape index (κ3) is 4.40. The van der Waals surface area contributed by atoms with Crippen molar-refractivity contribution in [2.45, 2.75) is 19.4 Å². The van der Waals surface area contributed by atoms with E-state index in [4.69, 9.17) is 9.84 Å². The molecule has 0 spiro atoms. The normalized spacial score (nSPS) is 13.3. The molecule has 2 aromatic rings. The molecule has 1 aliphatic rings. The van der Waals surface area contributed by atoms with Crippen molar-refractivity contribution in [1.29, 1.82) is 0 Å². The van der Waals surface area contributed by atoms with Crippen molar-refractivity contribution in [3.05, 3.63) is 53.6 Å². The van der Waals surface area contributed by atoms with Gasteiger partial charge in [-0.15, -0.1) is 0 Å². The third-order valence-electron chi connectivity index (χ3n) is 4.46. The van der Waals surface area contributed by atoms with Gasteiger partial charge in [-0.25, -0.2) is 9.59 Å². The van der Waals surface area contributed by atoms with E-state index in [1.54, 1.807) is 35.2 Å². The Hall–Kier alpha value is -3.55. The van der Waals surface area contributed by atoms with Crippen LogP contribution in [0, 0.1) is 0 Å². The number of amides is 3. The maximum atomic E-state index is 12.1. The Kier molecular flexibility index (Phi) is 5.78. The molecular formula is C20H21N3O5. The molecule has 8 heteroatoms. The Balaban J connectivity index is 1.60. The summed E-state index contributed by atoms with van der Waals surface area (Å²) in [6.45, 7) is 0.909. The molecule has 1 heterocycles. The summed E-state index contributed by atoms with van der Waals surface area (Å²) in [7, 11) is 1.52. The van der Waals surface area contributed by atoms with Crippen LogP contribution < -0.4 is 20.3 Å². The smallest absolute Gasteiger partial charge is 0.335 e. The van der Waals surface area contributed by atoms with Crippen molar-refractivity contribution in [3.8, 4) is 5.75 Å². The monoisotopic (exact) mass is 383 g/mol. The highest BCUT2D eigenvalue weighted by Gasteiger charge is 2.24. The number of ether oxygens (including phenoxy) is 1. The van der Waals surface area contributed by atoms with E-state index >= 15 is 0 Å². The Morgan fingerprint density at radius 1 is 1.18 bits per heavy atom. The van der Waals surface area contributed by atoms with Gasteiger partial charge in [-0.2, -0.15) is 0 Å². The summed E-state index contributed by atoms with van der Waals surface area (Å²) in [6.07, 6.45) is 1.34. The average Bonchev–Trinajstić information content (AvgIpc) is 3.12. The fourth-order valence-electron chi connectivity index (χ4n) is 3.00. The van der Waals surface area contributed by atoms with Gasteiger partial charge in [0.05, 0.1) is 18.4 Å². The van der Waals surface area contributed by atoms with Crippen LogP contribution in [0.5, 0.6) is 5.75 Å². The first-order chi connectivity index (χ1) is 13.5. The predicted octanol–water partition coefficient (Wildman–Crippen LogP) is 2.84. The molecule has 1 saturated heterocycles. The third-order valence-corrected chi connectivity index (χ3v) is 4.46. The maximum Gasteiger partial charge on any atom is 0.335 e. The molecular weight excluding hydrogens is 362 g/mol. The molecule has 0 aliphatic carbocycles. The van der Waals surface area contributed by atoms with Crippen LogP contribution in [0.25, 0.3) is 0 Å². The quantitative estimate of drug-likeness (QED) is 0.711. The number of carboxylic acids is 1. The standard InChI is InChI=1S/C20H21N3O5/c1-28-17-11-15(8-9-16(17)23-10-2-3-18(23)24)22-20(27)21-12-13-4-6-14(7-5-13)19(25)26/h4-9,11H,2-3,10,12H2,1H3,(H,25,26)(H2,21,22,27). The number of carbonyl (C=O) groups excluding carboxylic acids is 2. The van der Waals surface area contributed by atoms with E-state index in [0.29, 0.717) is 30.1 Å². The summed E-state index contributed by atoms with van der Waals surface area (Å²) in [4.78, 5) is 36.6. The van der Waals surface area contributed by atoms with Crippen molar-refractivity contribution in [3.63, 3.8) is 0 Å². The van der Waals surface area contributed by atoms with Crippen molar-refractivity contribution >= 4 is 29.3 Å². The number of benzene rings is 2. The largest absolute Gasteiger partial charge is 0.494 e. The Morgan fingerprint density at radius 2 is 1.93 bits per heavy atom. The van der Waals surface area contributed by atoms with Gasteiger partial charge in [-0.3, -0.25) is 4.79 Å². The number of rotatable bonds is 6. The molecule has 28 heavy (non-hydrogen) atoms. The fourth-order valence-corrected chi connectivity index (χ4v) is 3.00. The zero-order valence-electron chi connectivity index (χ0n) is 15.4. The number of nitrogens with one attached hydrogen (secondary N) is 2. The van der Waals surface area contributed by atoms with E-state index in [0.717, 1.165) is 12.0 Å². The summed E-state index contributed by atoms with van der Waals surface area (Å²) in [5.74, 6) is -0.423. The van der Waals surface area contributed by atoms with Crippen LogP contribution in [-0.4, -0.2) is 36.7 Å². The lowest BCUT2D eigenvalue weighted by molar-refractivity contribution is -0.117. The molecule has 3 rings (SSSR count). The van der Waals surface area contributed by atoms with E-state index in [9.17, 15) is 14.4 Å². The molecule has 146 valence electrons. The topological polar surface area (TPSA) is 108 Å². The fraction of sp³-hybridized carbons (Fsp3) is 0.250. The van der Waals surface area contributed by atoms with E-state index in [-0.39, 0.29) is 18.0 Å². The Morgan fingerprint density at radius 3 is 2.54 bits per heavy atom. The molecule has 1 aliphatic heterocycles. The summed E-state index contributed by atoms with van der Waals surface area (Å²) in [5.41, 5.74) is 2.19. The van der Waals surface area contributed by atoms with Crippen LogP contribution in [0.15, 0.2) is 42.5 Å². The summed E-state index contributed by atoms with van der Waals surface area (Å²) < 4.78 is 5.37. The first kappa shape index (κ1) is 19.2. The molecule has 0 unspecified atom stereocenters. The van der Waals surface area contributed by atoms with Crippen LogP contribution in [0.1, 0.15) is 28.8 Å². The van der Waals surface area contributed by atoms with Gasteiger partial charge in [-0.1, -0.05) is 12.1 Å². The molecule has 0 aromatic heterocycles. The van der Waals surface area contributed by atoms with Crippen molar-refractivity contribution < 1.29 is 24.2 Å². The highest BCUT2D eigenvalue weighted by atomic mass is 16.5. The molecule has 3 N–H and O–H groups in total. The average molecular weight is 383 g/mol. The predicted molar refractivity (Wildman–Crippen MR) is 104 cm³/mol. The number of aromatic carboxylic acids is 1. The molecule has 0 atom stereocenters. The molecule has 0 saturated carbocycles. The van der Waals surface area contributed by atoms with E-state index in [1.165, 1.54) is 19.2 Å². The molecule has 2 aromatic carbocycles. The number of hydrogen-bond donors (Lipinski definition) is 3. The second-order valence-corrected chi connectivity index (χ2v) is 6.35. The minimum Gasteiger partial charge on any atom is -0.494 e. The SMILES string of the molecule is COc1cc(NC(=O)NCc2ccc(C(=O)O)cc2)ccc1N1CCCC1=O. The van der Waals surface area contributed by atoms with E-state index in [2.05, 4.69) is 10.6 Å². The maximum absolute atomic E-state index is 12.1. The number of anilines is 2. The molecule has 1 fully saturated rings. The van der Waals surface area contributed by atoms with E-state index in [1.807, 2.05) is 0 Å². The zero-order chi connectivity index (χ0) is 20.1. The highest BCUT2D eigenvalue weighted by Crippen LogP contribution is 2.33. The van der Waals surface area contributed by atoms with Crippen molar-refractivity contribution in [2.24, 2.45) is 0 Å². The number of carbonyl (C=O) groups is 3. The van der Waals surface area contributed by atoms with Gasteiger partial charge in [-0.05, 0) is 36.2 Å². The van der Waals surface area contributed by atoms with Crippen LogP contribution in [0.2, 0.25) is 0 Å². The number of carboxylic acid groups (broad SMARTS) is 1. The van der Waals surface area contributed by atoms with E-state index < -0.39 is 12.0 Å². The summed E-state index contributed by atoms with van der Waals surface area (Å²) in [5, 5.41) is 14.3. The lowest BCUT2D eigenvalue weighted by Crippen LogP contribution is -2.28. The van der Waals surface area contributed by atoms with Gasteiger partial charge in [0.25, 0.3) is 0 Å². The van der Waals surface area contributed by atoms with Gasteiger partial charge in [0, 0.05) is 31.3 Å². The highest BCUT2D eigenvalue weighted by molar-refractivity contribution is 5.97. The summed E-state index contributed by atoms with van der Waals surface area (Å²) in [6, 6.07) is 11.0.